The summed E-state index contributed by atoms with van der Waals surface area (Å²) >= 11 is 0. The maximum Gasteiger partial charge on any atom is 0.0448 e. The first-order valence-corrected chi connectivity index (χ1v) is 6.19. The van der Waals surface area contributed by atoms with E-state index in [1.807, 2.05) is 0 Å². The smallest absolute Gasteiger partial charge is 0.0448 e. The van der Waals surface area contributed by atoms with Crippen molar-refractivity contribution in [2.75, 3.05) is 26.7 Å². The maximum absolute atomic E-state index is 9.18. The molecule has 1 saturated heterocycles. The summed E-state index contributed by atoms with van der Waals surface area (Å²) in [5.41, 5.74) is 0.191. The van der Waals surface area contributed by atoms with E-state index in [9.17, 15) is 5.11 Å². The number of hydrogen-bond acceptors (Lipinski definition) is 3. The van der Waals surface area contributed by atoms with Crippen molar-refractivity contribution in [2.45, 2.75) is 51.1 Å². The molecule has 0 amide bonds. The first-order chi connectivity index (χ1) is 7.13. The second kappa shape index (κ2) is 5.83. The van der Waals surface area contributed by atoms with Crippen LogP contribution in [0.4, 0.5) is 0 Å². The van der Waals surface area contributed by atoms with Gasteiger partial charge >= 0.3 is 0 Å². The van der Waals surface area contributed by atoms with Crippen molar-refractivity contribution in [1.82, 2.24) is 10.2 Å². The number of hydrogen-bond donors (Lipinski definition) is 2. The molecule has 0 radical (unpaired) electrons. The van der Waals surface area contributed by atoms with E-state index in [0.717, 1.165) is 38.8 Å². The van der Waals surface area contributed by atoms with Crippen LogP contribution in [-0.4, -0.2) is 48.3 Å². The number of piperidine rings is 1. The molecule has 1 aliphatic heterocycles. The minimum absolute atomic E-state index is 0.191. The number of aliphatic hydroxyl groups excluding tert-OH is 1. The molecule has 1 fully saturated rings. The predicted molar refractivity (Wildman–Crippen MR) is 64.1 cm³/mol. The van der Waals surface area contributed by atoms with E-state index in [0.29, 0.717) is 12.6 Å². The van der Waals surface area contributed by atoms with Gasteiger partial charge < -0.3 is 15.3 Å². The summed E-state index contributed by atoms with van der Waals surface area (Å²) in [6, 6.07) is 0.620. The zero-order valence-corrected chi connectivity index (χ0v) is 10.4. The van der Waals surface area contributed by atoms with Gasteiger partial charge in [0, 0.05) is 18.2 Å². The van der Waals surface area contributed by atoms with Gasteiger partial charge in [-0.1, -0.05) is 6.92 Å². The largest absolute Gasteiger partial charge is 0.396 e. The average molecular weight is 214 g/mol. The van der Waals surface area contributed by atoms with E-state index in [2.05, 4.69) is 31.1 Å². The van der Waals surface area contributed by atoms with E-state index in [4.69, 9.17) is 0 Å². The molecule has 1 aliphatic rings. The third kappa shape index (κ3) is 3.44. The van der Waals surface area contributed by atoms with Crippen LogP contribution in [-0.2, 0) is 0 Å². The van der Waals surface area contributed by atoms with Crippen LogP contribution in [0.5, 0.6) is 0 Å². The molecule has 3 nitrogen and oxygen atoms in total. The van der Waals surface area contributed by atoms with Crippen LogP contribution in [0.2, 0.25) is 0 Å². The van der Waals surface area contributed by atoms with E-state index >= 15 is 0 Å². The minimum Gasteiger partial charge on any atom is -0.396 e. The first kappa shape index (κ1) is 12.9. The Morgan fingerprint density at radius 3 is 2.80 bits per heavy atom. The fourth-order valence-corrected chi connectivity index (χ4v) is 2.51. The molecule has 0 aromatic heterocycles. The normalized spacial score (nSPS) is 33.2. The van der Waals surface area contributed by atoms with E-state index in [-0.39, 0.29) is 5.54 Å². The van der Waals surface area contributed by atoms with Crippen molar-refractivity contribution >= 4 is 0 Å². The Bertz CT molecular complexity index is 182. The van der Waals surface area contributed by atoms with Gasteiger partial charge in [0.15, 0.2) is 0 Å². The molecule has 0 spiro atoms. The molecular formula is C12H26N2O. The SMILES string of the molecule is CCCNC1(CCO)CCN(C)C(C)C1. The van der Waals surface area contributed by atoms with Crippen LogP contribution < -0.4 is 5.32 Å². The molecule has 1 heterocycles. The molecular weight excluding hydrogens is 188 g/mol. The molecule has 0 aromatic rings. The number of likely N-dealkylation sites (tertiary alicyclic amines) is 1. The third-order valence-electron chi connectivity index (χ3n) is 3.72. The summed E-state index contributed by atoms with van der Waals surface area (Å²) in [6.07, 6.45) is 4.38. The summed E-state index contributed by atoms with van der Waals surface area (Å²) in [5.74, 6) is 0. The van der Waals surface area contributed by atoms with Crippen LogP contribution in [0.25, 0.3) is 0 Å². The van der Waals surface area contributed by atoms with Crippen LogP contribution >= 0.6 is 0 Å². The van der Waals surface area contributed by atoms with Crippen molar-refractivity contribution < 1.29 is 5.11 Å². The standard InChI is InChI=1S/C12H26N2O/c1-4-7-13-12(6-9-15)5-8-14(3)11(2)10-12/h11,13,15H,4-10H2,1-3H3. The van der Waals surface area contributed by atoms with E-state index in [1.54, 1.807) is 0 Å². The van der Waals surface area contributed by atoms with Crippen LogP contribution in [0.15, 0.2) is 0 Å². The second-order valence-electron chi connectivity index (χ2n) is 4.96. The molecule has 0 aromatic carbocycles. The number of rotatable bonds is 5. The number of aliphatic hydroxyl groups is 1. The Morgan fingerprint density at radius 1 is 1.53 bits per heavy atom. The predicted octanol–water partition coefficient (Wildman–Crippen LogP) is 1.22. The summed E-state index contributed by atoms with van der Waals surface area (Å²) in [5, 5.41) is 12.8. The Kier molecular flexibility index (Phi) is 5.03. The quantitative estimate of drug-likeness (QED) is 0.722. The monoisotopic (exact) mass is 214 g/mol. The lowest BCUT2D eigenvalue weighted by molar-refractivity contribution is 0.0854. The van der Waals surface area contributed by atoms with Gasteiger partial charge in [-0.25, -0.2) is 0 Å². The lowest BCUT2D eigenvalue weighted by atomic mass is 9.81. The van der Waals surface area contributed by atoms with Crippen molar-refractivity contribution in [2.24, 2.45) is 0 Å². The van der Waals surface area contributed by atoms with Crippen molar-refractivity contribution in [3.05, 3.63) is 0 Å². The van der Waals surface area contributed by atoms with Crippen LogP contribution in [0.1, 0.15) is 39.5 Å². The molecule has 15 heavy (non-hydrogen) atoms. The minimum atomic E-state index is 0.191. The first-order valence-electron chi connectivity index (χ1n) is 6.19. The van der Waals surface area contributed by atoms with Gasteiger partial charge in [-0.15, -0.1) is 0 Å². The maximum atomic E-state index is 9.18. The van der Waals surface area contributed by atoms with E-state index in [1.165, 1.54) is 0 Å². The van der Waals surface area contributed by atoms with Gasteiger partial charge in [0.2, 0.25) is 0 Å². The molecule has 2 N–H and O–H groups in total. The Labute approximate surface area is 93.9 Å². The molecule has 2 unspecified atom stereocenters. The van der Waals surface area contributed by atoms with Gasteiger partial charge in [0.05, 0.1) is 0 Å². The number of nitrogens with one attached hydrogen (secondary N) is 1. The van der Waals surface area contributed by atoms with Crippen molar-refractivity contribution in [1.29, 1.82) is 0 Å². The fourth-order valence-electron chi connectivity index (χ4n) is 2.51. The molecule has 90 valence electrons. The van der Waals surface area contributed by atoms with Gasteiger partial charge in [0.1, 0.15) is 0 Å². The highest BCUT2D eigenvalue weighted by molar-refractivity contribution is 4.95. The zero-order chi connectivity index (χ0) is 11.3. The summed E-state index contributed by atoms with van der Waals surface area (Å²) < 4.78 is 0. The lowest BCUT2D eigenvalue weighted by Gasteiger charge is -2.45. The molecule has 2 atom stereocenters. The Hall–Kier alpha value is -0.120. The molecule has 3 heteroatoms. The number of nitrogens with zero attached hydrogens (tertiary/aromatic N) is 1. The summed E-state index contributed by atoms with van der Waals surface area (Å²) in [6.45, 7) is 6.97. The second-order valence-corrected chi connectivity index (χ2v) is 4.96. The van der Waals surface area contributed by atoms with Gasteiger partial charge in [-0.2, -0.15) is 0 Å². The van der Waals surface area contributed by atoms with Gasteiger partial charge in [-0.05, 0) is 52.7 Å². The topological polar surface area (TPSA) is 35.5 Å². The molecule has 0 bridgehead atoms. The summed E-state index contributed by atoms with van der Waals surface area (Å²) in [7, 11) is 2.19. The van der Waals surface area contributed by atoms with Crippen molar-refractivity contribution in [3.8, 4) is 0 Å². The molecule has 0 saturated carbocycles. The lowest BCUT2D eigenvalue weighted by Crippen LogP contribution is -2.56. The van der Waals surface area contributed by atoms with Gasteiger partial charge in [-0.3, -0.25) is 0 Å². The van der Waals surface area contributed by atoms with Gasteiger partial charge in [0.25, 0.3) is 0 Å². The highest BCUT2D eigenvalue weighted by atomic mass is 16.3. The molecule has 1 rings (SSSR count). The third-order valence-corrected chi connectivity index (χ3v) is 3.72. The van der Waals surface area contributed by atoms with Crippen LogP contribution in [0, 0.1) is 0 Å². The highest BCUT2D eigenvalue weighted by Gasteiger charge is 2.35. The molecule has 0 aliphatic carbocycles. The Morgan fingerprint density at radius 2 is 2.27 bits per heavy atom. The summed E-state index contributed by atoms with van der Waals surface area (Å²) in [4.78, 5) is 2.41. The fraction of sp³-hybridized carbons (Fsp3) is 1.00. The van der Waals surface area contributed by atoms with Crippen molar-refractivity contribution in [3.63, 3.8) is 0 Å². The average Bonchev–Trinajstić information content (AvgIpc) is 2.22. The highest BCUT2D eigenvalue weighted by Crippen LogP contribution is 2.28. The Balaban J connectivity index is 2.56. The van der Waals surface area contributed by atoms with Crippen LogP contribution in [0.3, 0.4) is 0 Å². The zero-order valence-electron chi connectivity index (χ0n) is 10.4. The van der Waals surface area contributed by atoms with E-state index < -0.39 is 0 Å².